The minimum Gasteiger partial charge on any atom is -0.546 e. The van der Waals surface area contributed by atoms with Gasteiger partial charge in [-0.3, -0.25) is 0 Å². The van der Waals surface area contributed by atoms with E-state index in [1.165, 1.54) is 13.3 Å². The number of carboxylic acid groups (broad SMARTS) is 1. The molecule has 0 fully saturated rings. The first-order valence-electron chi connectivity index (χ1n) is 9.50. The molecule has 1 aliphatic rings. The normalized spacial score (nSPS) is 14.4. The topological polar surface area (TPSA) is 79.6 Å². The van der Waals surface area contributed by atoms with Gasteiger partial charge >= 0.3 is 5.63 Å². The molecule has 1 heterocycles. The van der Waals surface area contributed by atoms with E-state index in [9.17, 15) is 14.7 Å². The number of hydrogen-bond acceptors (Lipinski definition) is 5. The molecule has 1 aliphatic carbocycles. The summed E-state index contributed by atoms with van der Waals surface area (Å²) in [6, 6.07) is 3.69. The zero-order chi connectivity index (χ0) is 18.7. The lowest BCUT2D eigenvalue weighted by Crippen LogP contribution is -2.37. The van der Waals surface area contributed by atoms with Gasteiger partial charge in [0, 0.05) is 17.0 Å². The van der Waals surface area contributed by atoms with Crippen molar-refractivity contribution in [3.63, 3.8) is 0 Å². The Bertz CT molecular complexity index is 865. The highest BCUT2D eigenvalue weighted by Crippen LogP contribution is 2.33. The van der Waals surface area contributed by atoms with Gasteiger partial charge in [-0.15, -0.1) is 0 Å². The van der Waals surface area contributed by atoms with Gasteiger partial charge < -0.3 is 19.1 Å². The van der Waals surface area contributed by atoms with E-state index in [4.69, 9.17) is 9.15 Å². The van der Waals surface area contributed by atoms with E-state index in [0.29, 0.717) is 11.3 Å². The molecular weight excluding hydrogens is 332 g/mol. The Morgan fingerprint density at radius 3 is 2.73 bits per heavy atom. The van der Waals surface area contributed by atoms with Crippen LogP contribution in [0.25, 0.3) is 11.0 Å². The van der Waals surface area contributed by atoms with Crippen LogP contribution >= 0.6 is 0 Å². The van der Waals surface area contributed by atoms with Crippen molar-refractivity contribution in [3.05, 3.63) is 39.2 Å². The van der Waals surface area contributed by atoms with Crippen molar-refractivity contribution in [2.75, 3.05) is 0 Å². The van der Waals surface area contributed by atoms with Gasteiger partial charge in [0.2, 0.25) is 0 Å². The second kappa shape index (κ2) is 7.94. The van der Waals surface area contributed by atoms with Crippen LogP contribution in [0, 0.1) is 0 Å². The maximum Gasteiger partial charge on any atom is 0.339 e. The predicted molar refractivity (Wildman–Crippen MR) is 97.5 cm³/mol. The third-order valence-corrected chi connectivity index (χ3v) is 5.09. The lowest BCUT2D eigenvalue weighted by atomic mass is 10.00. The molecule has 3 rings (SSSR count). The molecule has 0 amide bonds. The van der Waals surface area contributed by atoms with E-state index >= 15 is 0 Å². The van der Waals surface area contributed by atoms with Crippen molar-refractivity contribution < 1.29 is 19.1 Å². The molecule has 0 unspecified atom stereocenters. The second-order valence-corrected chi connectivity index (χ2v) is 7.05. The van der Waals surface area contributed by atoms with Gasteiger partial charge in [-0.25, -0.2) is 4.79 Å². The number of rotatable bonds is 8. The zero-order valence-electron chi connectivity index (χ0n) is 15.4. The van der Waals surface area contributed by atoms with Gasteiger partial charge in [0.1, 0.15) is 17.4 Å². The first kappa shape index (κ1) is 18.5. The second-order valence-electron chi connectivity index (χ2n) is 7.05. The molecule has 0 radical (unpaired) electrons. The van der Waals surface area contributed by atoms with Gasteiger partial charge in [0.05, 0.1) is 5.97 Å². The van der Waals surface area contributed by atoms with Crippen LogP contribution in [0.1, 0.15) is 62.6 Å². The highest BCUT2D eigenvalue weighted by Gasteiger charge is 2.21. The van der Waals surface area contributed by atoms with Crippen molar-refractivity contribution in [2.45, 2.75) is 71.3 Å². The number of carboxylic acids is 1. The number of benzene rings is 1. The number of aliphatic carboxylic acids is 1. The zero-order valence-corrected chi connectivity index (χ0v) is 15.4. The van der Waals surface area contributed by atoms with Gasteiger partial charge in [0.25, 0.3) is 0 Å². The van der Waals surface area contributed by atoms with E-state index in [1.54, 1.807) is 6.07 Å². The van der Waals surface area contributed by atoms with E-state index in [0.717, 1.165) is 67.0 Å². The van der Waals surface area contributed by atoms with Crippen LogP contribution < -0.4 is 15.5 Å². The Balaban J connectivity index is 2.02. The third-order valence-electron chi connectivity index (χ3n) is 5.09. The average Bonchev–Trinajstić information content (AvgIpc) is 3.10. The van der Waals surface area contributed by atoms with E-state index in [-0.39, 0.29) is 5.63 Å². The Hall–Kier alpha value is -2.30. The molecule has 0 spiro atoms. The van der Waals surface area contributed by atoms with Gasteiger partial charge in [-0.2, -0.15) is 0 Å². The summed E-state index contributed by atoms with van der Waals surface area (Å²) in [5.74, 6) is -0.802. The fourth-order valence-corrected chi connectivity index (χ4v) is 3.64. The molecular formula is C21H25O5-. The highest BCUT2D eigenvalue weighted by atomic mass is 16.5. The van der Waals surface area contributed by atoms with Gasteiger partial charge in [-0.05, 0) is 56.2 Å². The molecule has 1 aromatic carbocycles. The summed E-state index contributed by atoms with van der Waals surface area (Å²) in [6.07, 6.45) is 6.79. The number of carbonyl (C=O) groups is 1. The standard InChI is InChI=1S/C21H26O5/c1-3-4-5-6-8-14-11-17-15-9-7-10-16(15)21(24)26-19(17)12-18(14)25-13(2)20(22)23/h11-13H,3-10H2,1-2H3,(H,22,23)/p-1/t13-/m1/s1. The molecule has 0 saturated heterocycles. The number of hydrogen-bond donors (Lipinski definition) is 0. The number of unbranched alkanes of at least 4 members (excludes halogenated alkanes) is 3. The lowest BCUT2D eigenvalue weighted by molar-refractivity contribution is -0.312. The largest absolute Gasteiger partial charge is 0.546 e. The van der Waals surface area contributed by atoms with Crippen LogP contribution in [0.15, 0.2) is 21.3 Å². The number of ether oxygens (including phenoxy) is 1. The molecule has 5 heteroatoms. The van der Waals surface area contributed by atoms with Crippen molar-refractivity contribution in [1.82, 2.24) is 0 Å². The van der Waals surface area contributed by atoms with Crippen molar-refractivity contribution in [2.24, 2.45) is 0 Å². The van der Waals surface area contributed by atoms with Crippen LogP contribution in [0.2, 0.25) is 0 Å². The lowest BCUT2D eigenvalue weighted by Gasteiger charge is -2.19. The van der Waals surface area contributed by atoms with Crippen LogP contribution in [-0.2, 0) is 24.1 Å². The van der Waals surface area contributed by atoms with Crippen molar-refractivity contribution >= 4 is 16.9 Å². The average molecular weight is 357 g/mol. The first-order valence-corrected chi connectivity index (χ1v) is 9.50. The molecule has 2 aromatic rings. The summed E-state index contributed by atoms with van der Waals surface area (Å²) < 4.78 is 11.1. The summed E-state index contributed by atoms with van der Waals surface area (Å²) in [5.41, 5.74) is 2.99. The Kier molecular flexibility index (Phi) is 5.64. The number of carbonyl (C=O) groups excluding carboxylic acids is 1. The number of fused-ring (bicyclic) bond motifs is 3. The first-order chi connectivity index (χ1) is 12.5. The third kappa shape index (κ3) is 3.76. The molecule has 0 bridgehead atoms. The van der Waals surface area contributed by atoms with Gasteiger partial charge in [-0.1, -0.05) is 26.2 Å². The smallest absolute Gasteiger partial charge is 0.339 e. The predicted octanol–water partition coefficient (Wildman–Crippen LogP) is 2.92. The molecule has 0 saturated carbocycles. The van der Waals surface area contributed by atoms with Crippen molar-refractivity contribution in [1.29, 1.82) is 0 Å². The van der Waals surface area contributed by atoms with Crippen LogP contribution in [0.5, 0.6) is 5.75 Å². The van der Waals surface area contributed by atoms with Crippen LogP contribution in [-0.4, -0.2) is 12.1 Å². The Morgan fingerprint density at radius 1 is 1.23 bits per heavy atom. The number of aryl methyl sites for hydroxylation is 2. The minimum absolute atomic E-state index is 0.292. The van der Waals surface area contributed by atoms with Crippen molar-refractivity contribution in [3.8, 4) is 5.75 Å². The SMILES string of the molecule is CCCCCCc1cc2c3c(c(=O)oc2cc1O[C@H](C)C(=O)[O-])CCC3. The summed E-state index contributed by atoms with van der Waals surface area (Å²) in [5, 5.41) is 12.0. The van der Waals surface area contributed by atoms with E-state index < -0.39 is 12.1 Å². The molecule has 0 N–H and O–H groups in total. The maximum absolute atomic E-state index is 12.2. The molecule has 5 nitrogen and oxygen atoms in total. The molecule has 26 heavy (non-hydrogen) atoms. The summed E-state index contributed by atoms with van der Waals surface area (Å²) in [4.78, 5) is 23.3. The van der Waals surface area contributed by atoms with E-state index in [1.807, 2.05) is 6.07 Å². The minimum atomic E-state index is -1.27. The molecule has 140 valence electrons. The fourth-order valence-electron chi connectivity index (χ4n) is 3.64. The Morgan fingerprint density at radius 2 is 2.00 bits per heavy atom. The maximum atomic E-state index is 12.2. The molecule has 1 atom stereocenters. The summed E-state index contributed by atoms with van der Waals surface area (Å²) in [7, 11) is 0. The van der Waals surface area contributed by atoms with Crippen LogP contribution in [0.4, 0.5) is 0 Å². The summed E-state index contributed by atoms with van der Waals surface area (Å²) >= 11 is 0. The Labute approximate surface area is 153 Å². The molecule has 0 aliphatic heterocycles. The van der Waals surface area contributed by atoms with Gasteiger partial charge in [0.15, 0.2) is 0 Å². The van der Waals surface area contributed by atoms with E-state index in [2.05, 4.69) is 6.92 Å². The highest BCUT2D eigenvalue weighted by molar-refractivity contribution is 5.84. The molecule has 1 aromatic heterocycles. The fraction of sp³-hybridized carbons (Fsp3) is 0.524. The monoisotopic (exact) mass is 357 g/mol. The summed E-state index contributed by atoms with van der Waals surface area (Å²) in [6.45, 7) is 3.61. The quantitative estimate of drug-likeness (QED) is 0.536. The van der Waals surface area contributed by atoms with Crippen LogP contribution in [0.3, 0.4) is 0 Å².